The van der Waals surface area contributed by atoms with E-state index in [4.69, 9.17) is 32.7 Å². The zero-order valence-electron chi connectivity index (χ0n) is 14.9. The fourth-order valence-electron chi connectivity index (χ4n) is 2.35. The van der Waals surface area contributed by atoms with E-state index in [0.29, 0.717) is 29.3 Å². The molecule has 2 aromatic rings. The highest BCUT2D eigenvalue weighted by molar-refractivity contribution is 6.35. The topological polar surface area (TPSA) is 30.5 Å². The van der Waals surface area contributed by atoms with Gasteiger partial charge in [0.05, 0.1) is 6.61 Å². The Morgan fingerprint density at radius 2 is 1.84 bits per heavy atom. The maximum Gasteiger partial charge on any atom is 0.166 e. The summed E-state index contributed by atoms with van der Waals surface area (Å²) in [6.07, 6.45) is 1.07. The van der Waals surface area contributed by atoms with E-state index in [9.17, 15) is 0 Å². The van der Waals surface area contributed by atoms with Gasteiger partial charge in [0, 0.05) is 33.8 Å². The molecule has 0 saturated carbocycles. The molecule has 0 aliphatic rings. The summed E-state index contributed by atoms with van der Waals surface area (Å²) in [4.78, 5) is 0. The van der Waals surface area contributed by atoms with Crippen LogP contribution in [0.5, 0.6) is 11.5 Å². The van der Waals surface area contributed by atoms with Gasteiger partial charge in [0.1, 0.15) is 6.61 Å². The molecule has 0 fully saturated rings. The molecule has 0 bridgehead atoms. The van der Waals surface area contributed by atoms with Gasteiger partial charge < -0.3 is 14.8 Å². The second kappa shape index (κ2) is 9.91. The Hall–Kier alpha value is -1.42. The van der Waals surface area contributed by atoms with Gasteiger partial charge in [-0.15, -0.1) is 0 Å². The molecule has 136 valence electrons. The molecule has 2 aromatic carbocycles. The first-order valence-electron chi connectivity index (χ1n) is 8.59. The van der Waals surface area contributed by atoms with E-state index >= 15 is 0 Å². The van der Waals surface area contributed by atoms with Crippen molar-refractivity contribution in [3.63, 3.8) is 0 Å². The standard InChI is InChI=1S/C20H25Cl2NO2/c1-4-14(3)23-12-15-7-6-8-19(24-5-2)20(15)25-13-16-9-10-17(21)11-18(16)22/h6-11,14,23H,4-5,12-13H2,1-3H3/t14-/m0/s1. The monoisotopic (exact) mass is 381 g/mol. The molecule has 25 heavy (non-hydrogen) atoms. The highest BCUT2D eigenvalue weighted by Crippen LogP contribution is 2.33. The minimum Gasteiger partial charge on any atom is -0.490 e. The van der Waals surface area contributed by atoms with Crippen molar-refractivity contribution in [2.75, 3.05) is 6.61 Å². The zero-order valence-corrected chi connectivity index (χ0v) is 16.5. The zero-order chi connectivity index (χ0) is 18.2. The van der Waals surface area contributed by atoms with Crippen LogP contribution in [0.1, 0.15) is 38.3 Å². The van der Waals surface area contributed by atoms with Crippen molar-refractivity contribution in [1.29, 1.82) is 0 Å². The molecular weight excluding hydrogens is 357 g/mol. The number of para-hydroxylation sites is 1. The minimum atomic E-state index is 0.358. The molecule has 0 spiro atoms. The third-order valence-electron chi connectivity index (χ3n) is 4.00. The summed E-state index contributed by atoms with van der Waals surface area (Å²) in [6, 6.07) is 11.8. The summed E-state index contributed by atoms with van der Waals surface area (Å²) in [7, 11) is 0. The van der Waals surface area contributed by atoms with Crippen molar-refractivity contribution in [3.05, 3.63) is 57.6 Å². The smallest absolute Gasteiger partial charge is 0.166 e. The number of ether oxygens (including phenoxy) is 2. The lowest BCUT2D eigenvalue weighted by molar-refractivity contribution is 0.266. The summed E-state index contributed by atoms with van der Waals surface area (Å²) in [5, 5.41) is 4.71. The van der Waals surface area contributed by atoms with Gasteiger partial charge in [-0.3, -0.25) is 0 Å². The van der Waals surface area contributed by atoms with Crippen LogP contribution < -0.4 is 14.8 Å². The van der Waals surface area contributed by atoms with E-state index in [1.165, 1.54) is 0 Å². The van der Waals surface area contributed by atoms with E-state index < -0.39 is 0 Å². The minimum absolute atomic E-state index is 0.358. The summed E-state index contributed by atoms with van der Waals surface area (Å²) in [5.41, 5.74) is 1.95. The van der Waals surface area contributed by atoms with Crippen molar-refractivity contribution in [2.45, 2.75) is 46.4 Å². The van der Waals surface area contributed by atoms with Gasteiger partial charge in [-0.1, -0.05) is 48.3 Å². The van der Waals surface area contributed by atoms with Gasteiger partial charge in [0.25, 0.3) is 0 Å². The molecule has 0 amide bonds. The fourth-order valence-corrected chi connectivity index (χ4v) is 2.81. The number of halogens is 2. The van der Waals surface area contributed by atoms with Crippen LogP contribution in [0.4, 0.5) is 0 Å². The molecule has 0 aromatic heterocycles. The van der Waals surface area contributed by atoms with Gasteiger partial charge in [-0.2, -0.15) is 0 Å². The van der Waals surface area contributed by atoms with Crippen molar-refractivity contribution in [2.24, 2.45) is 0 Å². The van der Waals surface area contributed by atoms with E-state index in [1.807, 2.05) is 31.2 Å². The number of nitrogens with one attached hydrogen (secondary N) is 1. The van der Waals surface area contributed by atoms with Gasteiger partial charge >= 0.3 is 0 Å². The summed E-state index contributed by atoms with van der Waals surface area (Å²) < 4.78 is 11.8. The first kappa shape index (κ1) is 19.9. The second-order valence-electron chi connectivity index (χ2n) is 5.89. The summed E-state index contributed by atoms with van der Waals surface area (Å²) >= 11 is 12.2. The van der Waals surface area contributed by atoms with Crippen LogP contribution in [-0.4, -0.2) is 12.6 Å². The summed E-state index contributed by atoms with van der Waals surface area (Å²) in [5.74, 6) is 1.50. The number of rotatable bonds is 9. The molecule has 0 unspecified atom stereocenters. The van der Waals surface area contributed by atoms with E-state index in [1.54, 1.807) is 6.07 Å². The van der Waals surface area contributed by atoms with Crippen LogP contribution in [0.3, 0.4) is 0 Å². The Bertz CT molecular complexity index is 691. The maximum atomic E-state index is 6.25. The molecule has 0 radical (unpaired) electrons. The molecule has 0 heterocycles. The Labute approximate surface area is 160 Å². The Morgan fingerprint density at radius 3 is 2.52 bits per heavy atom. The van der Waals surface area contributed by atoms with E-state index in [0.717, 1.165) is 35.6 Å². The summed E-state index contributed by atoms with van der Waals surface area (Å²) in [6.45, 7) is 7.95. The van der Waals surface area contributed by atoms with Crippen molar-refractivity contribution in [3.8, 4) is 11.5 Å². The van der Waals surface area contributed by atoms with Crippen molar-refractivity contribution in [1.82, 2.24) is 5.32 Å². The van der Waals surface area contributed by atoms with Gasteiger partial charge in [0.2, 0.25) is 0 Å². The van der Waals surface area contributed by atoms with Gasteiger partial charge in [0.15, 0.2) is 11.5 Å². The lowest BCUT2D eigenvalue weighted by Crippen LogP contribution is -2.24. The van der Waals surface area contributed by atoms with Gasteiger partial charge in [-0.25, -0.2) is 0 Å². The van der Waals surface area contributed by atoms with Crippen LogP contribution in [0.2, 0.25) is 10.0 Å². The molecule has 2 rings (SSSR count). The SMILES string of the molecule is CCOc1cccc(CN[C@@H](C)CC)c1OCc1ccc(Cl)cc1Cl. The predicted octanol–water partition coefficient (Wildman–Crippen LogP) is 5.86. The lowest BCUT2D eigenvalue weighted by atomic mass is 10.1. The van der Waals surface area contributed by atoms with Gasteiger partial charge in [-0.05, 0) is 38.5 Å². The quantitative estimate of drug-likeness (QED) is 0.589. The Morgan fingerprint density at radius 1 is 1.04 bits per heavy atom. The molecule has 1 N–H and O–H groups in total. The number of hydrogen-bond donors (Lipinski definition) is 1. The molecular formula is C20H25Cl2NO2. The molecule has 0 aliphatic heterocycles. The first-order valence-corrected chi connectivity index (χ1v) is 9.35. The van der Waals surface area contributed by atoms with E-state index in [-0.39, 0.29) is 0 Å². The maximum absolute atomic E-state index is 6.25. The molecule has 1 atom stereocenters. The molecule has 0 aliphatic carbocycles. The van der Waals surface area contributed by atoms with Crippen molar-refractivity contribution < 1.29 is 9.47 Å². The lowest BCUT2D eigenvalue weighted by Gasteiger charge is -2.18. The second-order valence-corrected chi connectivity index (χ2v) is 6.74. The first-order chi connectivity index (χ1) is 12.0. The average molecular weight is 382 g/mol. The molecule has 5 heteroatoms. The molecule has 3 nitrogen and oxygen atoms in total. The third kappa shape index (κ3) is 5.81. The highest BCUT2D eigenvalue weighted by Gasteiger charge is 2.13. The van der Waals surface area contributed by atoms with Crippen LogP contribution in [0, 0.1) is 0 Å². The highest BCUT2D eigenvalue weighted by atomic mass is 35.5. The average Bonchev–Trinajstić information content (AvgIpc) is 2.60. The van der Waals surface area contributed by atoms with Crippen LogP contribution in [0.15, 0.2) is 36.4 Å². The van der Waals surface area contributed by atoms with Crippen LogP contribution in [-0.2, 0) is 13.2 Å². The Kier molecular flexibility index (Phi) is 7.89. The fraction of sp³-hybridized carbons (Fsp3) is 0.400. The number of hydrogen-bond acceptors (Lipinski definition) is 3. The predicted molar refractivity (Wildman–Crippen MR) is 105 cm³/mol. The van der Waals surface area contributed by atoms with Crippen LogP contribution >= 0.6 is 23.2 Å². The van der Waals surface area contributed by atoms with E-state index in [2.05, 4.69) is 25.2 Å². The largest absolute Gasteiger partial charge is 0.490 e. The molecule has 0 saturated heterocycles. The van der Waals surface area contributed by atoms with Crippen molar-refractivity contribution >= 4 is 23.2 Å². The third-order valence-corrected chi connectivity index (χ3v) is 4.59. The normalized spacial score (nSPS) is 12.0. The number of benzene rings is 2. The Balaban J connectivity index is 2.20. The van der Waals surface area contributed by atoms with Crippen LogP contribution in [0.25, 0.3) is 0 Å².